The molecule has 2 aromatic rings. The normalized spacial score (nSPS) is 13.3. The summed E-state index contributed by atoms with van der Waals surface area (Å²) in [5.74, 6) is 0.673. The zero-order valence-corrected chi connectivity index (χ0v) is 18.1. The van der Waals surface area contributed by atoms with E-state index in [0.29, 0.717) is 19.5 Å². The van der Waals surface area contributed by atoms with E-state index >= 15 is 0 Å². The lowest BCUT2D eigenvalue weighted by molar-refractivity contribution is -0.133. The third-order valence-corrected chi connectivity index (χ3v) is 5.19. The maximum Gasteiger partial charge on any atom is 0.244 e. The number of benzene rings is 2. The number of hydrogen-bond acceptors (Lipinski definition) is 5. The van der Waals surface area contributed by atoms with Gasteiger partial charge in [-0.15, -0.1) is 0 Å². The predicted octanol–water partition coefficient (Wildman–Crippen LogP) is 2.81. The molecule has 0 saturated heterocycles. The van der Waals surface area contributed by atoms with E-state index in [2.05, 4.69) is 27.8 Å². The van der Waals surface area contributed by atoms with Gasteiger partial charge in [-0.3, -0.25) is 20.0 Å². The van der Waals surface area contributed by atoms with Crippen molar-refractivity contribution in [2.75, 3.05) is 38.7 Å². The quantitative estimate of drug-likeness (QED) is 0.576. The molecule has 0 spiro atoms. The summed E-state index contributed by atoms with van der Waals surface area (Å²) in [5.41, 5.74) is 6.10. The van der Waals surface area contributed by atoms with Crippen molar-refractivity contribution in [1.29, 1.82) is 0 Å². The number of para-hydroxylation sites is 1. The number of carbonyl (C=O) groups is 2. The fraction of sp³-hybridized carbons (Fsp3) is 0.333. The predicted molar refractivity (Wildman–Crippen MR) is 122 cm³/mol. The van der Waals surface area contributed by atoms with Gasteiger partial charge in [-0.2, -0.15) is 0 Å². The van der Waals surface area contributed by atoms with Crippen molar-refractivity contribution in [3.05, 3.63) is 66.2 Å². The number of anilines is 1. The van der Waals surface area contributed by atoms with E-state index in [9.17, 15) is 9.59 Å². The van der Waals surface area contributed by atoms with E-state index in [1.807, 2.05) is 55.6 Å². The van der Waals surface area contributed by atoms with E-state index in [4.69, 9.17) is 4.74 Å². The Morgan fingerprint density at radius 3 is 2.61 bits per heavy atom. The molecule has 0 fully saturated rings. The first-order valence-corrected chi connectivity index (χ1v) is 10.5. The fourth-order valence-corrected chi connectivity index (χ4v) is 3.34. The maximum absolute atomic E-state index is 12.2. The molecule has 7 nitrogen and oxygen atoms in total. The fourth-order valence-electron chi connectivity index (χ4n) is 3.34. The second-order valence-electron chi connectivity index (χ2n) is 7.42. The smallest absolute Gasteiger partial charge is 0.244 e. The Labute approximate surface area is 183 Å². The van der Waals surface area contributed by atoms with Crippen LogP contribution in [0.15, 0.2) is 60.7 Å². The minimum atomic E-state index is -0.0579. The van der Waals surface area contributed by atoms with Crippen LogP contribution in [-0.2, 0) is 9.59 Å². The molecule has 2 aromatic carbocycles. The van der Waals surface area contributed by atoms with Gasteiger partial charge in [-0.05, 0) is 54.5 Å². The largest absolute Gasteiger partial charge is 0.497 e. The summed E-state index contributed by atoms with van der Waals surface area (Å²) in [6, 6.07) is 17.8. The molecule has 1 heterocycles. The average Bonchev–Trinajstić information content (AvgIpc) is 2.82. The first-order valence-electron chi connectivity index (χ1n) is 10.5. The molecule has 0 aliphatic carbocycles. The zero-order valence-electron chi connectivity index (χ0n) is 18.1. The minimum absolute atomic E-state index is 0.0467. The number of methoxy groups -OCH3 is 1. The summed E-state index contributed by atoms with van der Waals surface area (Å²) in [6.07, 6.45) is 3.28. The van der Waals surface area contributed by atoms with Crippen LogP contribution in [0.2, 0.25) is 0 Å². The van der Waals surface area contributed by atoms with Gasteiger partial charge in [-0.25, -0.2) is 0 Å². The third-order valence-electron chi connectivity index (χ3n) is 5.19. The van der Waals surface area contributed by atoms with Crippen molar-refractivity contribution in [1.82, 2.24) is 15.8 Å². The lowest BCUT2D eigenvalue weighted by Crippen LogP contribution is -2.46. The number of amides is 2. The van der Waals surface area contributed by atoms with Crippen molar-refractivity contribution in [2.24, 2.45) is 0 Å². The molecule has 0 bridgehead atoms. The molecule has 164 valence electrons. The third kappa shape index (κ3) is 6.50. The molecule has 2 N–H and O–H groups in total. The number of hydrazine groups is 1. The SMILES string of the molecule is COc1ccc(C2=CCC(=O)N(CCC(=O)NCCCN(C)c3ccccc3)N2)cc1. The van der Waals surface area contributed by atoms with Crippen LogP contribution in [-0.4, -0.2) is 50.6 Å². The van der Waals surface area contributed by atoms with Gasteiger partial charge < -0.3 is 15.0 Å². The molecule has 2 amide bonds. The van der Waals surface area contributed by atoms with Crippen LogP contribution < -0.4 is 20.4 Å². The molecule has 0 unspecified atom stereocenters. The van der Waals surface area contributed by atoms with Gasteiger partial charge in [0.15, 0.2) is 0 Å². The van der Waals surface area contributed by atoms with Gasteiger partial charge in [0, 0.05) is 38.7 Å². The summed E-state index contributed by atoms with van der Waals surface area (Å²) in [6.45, 7) is 1.78. The number of ether oxygens (including phenoxy) is 1. The van der Waals surface area contributed by atoms with Crippen molar-refractivity contribution in [3.63, 3.8) is 0 Å². The Morgan fingerprint density at radius 2 is 1.90 bits per heavy atom. The Bertz CT molecular complexity index is 897. The average molecular weight is 423 g/mol. The molecular weight excluding hydrogens is 392 g/mol. The number of hydrogen-bond donors (Lipinski definition) is 2. The molecule has 1 aliphatic heterocycles. The highest BCUT2D eigenvalue weighted by molar-refractivity contribution is 5.84. The molecular formula is C24H30N4O3. The van der Waals surface area contributed by atoms with Crippen molar-refractivity contribution < 1.29 is 14.3 Å². The van der Waals surface area contributed by atoms with Gasteiger partial charge in [0.05, 0.1) is 19.4 Å². The molecule has 0 radical (unpaired) electrons. The van der Waals surface area contributed by atoms with Crippen LogP contribution in [0.1, 0.15) is 24.8 Å². The van der Waals surface area contributed by atoms with E-state index in [-0.39, 0.29) is 18.2 Å². The summed E-state index contributed by atoms with van der Waals surface area (Å²) in [4.78, 5) is 26.6. The zero-order chi connectivity index (χ0) is 22.1. The lowest BCUT2D eigenvalue weighted by Gasteiger charge is -2.29. The highest BCUT2D eigenvalue weighted by atomic mass is 16.5. The molecule has 0 saturated carbocycles. The number of rotatable bonds is 10. The van der Waals surface area contributed by atoms with Crippen LogP contribution in [0.5, 0.6) is 5.75 Å². The van der Waals surface area contributed by atoms with E-state index < -0.39 is 0 Å². The second-order valence-corrected chi connectivity index (χ2v) is 7.42. The van der Waals surface area contributed by atoms with Crippen molar-refractivity contribution in [3.8, 4) is 5.75 Å². The topological polar surface area (TPSA) is 73.9 Å². The van der Waals surface area contributed by atoms with Crippen molar-refractivity contribution >= 4 is 23.2 Å². The van der Waals surface area contributed by atoms with Crippen LogP contribution in [0.3, 0.4) is 0 Å². The minimum Gasteiger partial charge on any atom is -0.497 e. The summed E-state index contributed by atoms with van der Waals surface area (Å²) in [7, 11) is 3.67. The molecule has 7 heteroatoms. The lowest BCUT2D eigenvalue weighted by atomic mass is 10.1. The van der Waals surface area contributed by atoms with E-state index in [0.717, 1.165) is 35.7 Å². The van der Waals surface area contributed by atoms with Gasteiger partial charge >= 0.3 is 0 Å². The standard InChI is InChI=1S/C24H30N4O3/c1-27(20-7-4-3-5-8-20)17-6-16-25-23(29)15-18-28-24(30)14-13-22(26-28)19-9-11-21(31-2)12-10-19/h3-5,7-13,26H,6,14-18H2,1-2H3,(H,25,29). The van der Waals surface area contributed by atoms with E-state index in [1.165, 1.54) is 5.01 Å². The van der Waals surface area contributed by atoms with Gasteiger partial charge in [0.1, 0.15) is 5.75 Å². The molecule has 0 atom stereocenters. The first-order chi connectivity index (χ1) is 15.1. The number of carbonyl (C=O) groups excluding carboxylic acids is 2. The summed E-state index contributed by atoms with van der Waals surface area (Å²) < 4.78 is 5.18. The van der Waals surface area contributed by atoms with Crippen LogP contribution in [0, 0.1) is 0 Å². The van der Waals surface area contributed by atoms with Crippen molar-refractivity contribution in [2.45, 2.75) is 19.3 Å². The molecule has 31 heavy (non-hydrogen) atoms. The highest BCUT2D eigenvalue weighted by Crippen LogP contribution is 2.20. The summed E-state index contributed by atoms with van der Waals surface area (Å²) >= 11 is 0. The van der Waals surface area contributed by atoms with Gasteiger partial charge in [0.25, 0.3) is 0 Å². The highest BCUT2D eigenvalue weighted by Gasteiger charge is 2.20. The molecule has 0 aromatic heterocycles. The van der Waals surface area contributed by atoms with Crippen LogP contribution in [0.4, 0.5) is 5.69 Å². The Hall–Kier alpha value is -3.48. The molecule has 3 rings (SSSR count). The Morgan fingerprint density at radius 1 is 1.16 bits per heavy atom. The Kier molecular flexibility index (Phi) is 7.92. The first kappa shape index (κ1) is 22.2. The second kappa shape index (κ2) is 11.1. The van der Waals surface area contributed by atoms with Gasteiger partial charge in [-0.1, -0.05) is 18.2 Å². The van der Waals surface area contributed by atoms with E-state index in [1.54, 1.807) is 7.11 Å². The van der Waals surface area contributed by atoms with Crippen LogP contribution in [0.25, 0.3) is 5.70 Å². The number of nitrogens with zero attached hydrogens (tertiary/aromatic N) is 2. The van der Waals surface area contributed by atoms with Gasteiger partial charge in [0.2, 0.25) is 11.8 Å². The monoisotopic (exact) mass is 422 g/mol. The van der Waals surface area contributed by atoms with Crippen LogP contribution >= 0.6 is 0 Å². The number of nitrogens with one attached hydrogen (secondary N) is 2. The maximum atomic E-state index is 12.2. The summed E-state index contributed by atoms with van der Waals surface area (Å²) in [5, 5.41) is 4.46. The molecule has 1 aliphatic rings. The Balaban J connectivity index is 1.39.